The minimum absolute atomic E-state index is 0.0235. The molecule has 5 atom stereocenters. The summed E-state index contributed by atoms with van der Waals surface area (Å²) in [4.78, 5) is 9.97. The average molecular weight is 802 g/mol. The molecule has 0 radical (unpaired) electrons. The molecule has 1 saturated carbocycles. The summed E-state index contributed by atoms with van der Waals surface area (Å²) in [5, 5.41) is 11.8. The van der Waals surface area contributed by atoms with Crippen molar-refractivity contribution in [3.05, 3.63) is 133 Å². The van der Waals surface area contributed by atoms with E-state index in [0.717, 1.165) is 0 Å². The van der Waals surface area contributed by atoms with E-state index >= 15 is 57.1 Å². The number of hydrogen-bond donors (Lipinski definition) is 0. The molecule has 3 aromatic carbocycles. The van der Waals surface area contributed by atoms with Crippen LogP contribution in [0, 0.1) is 15.9 Å². The second-order valence-corrected chi connectivity index (χ2v) is 12.0. The maximum Gasteiger partial charge on any atom is 0.355 e. The van der Waals surface area contributed by atoms with Crippen LogP contribution in [0.3, 0.4) is 0 Å². The molecule has 0 saturated heterocycles. The number of para-hydroxylation sites is 1. The smallest absolute Gasteiger partial charge is 0.258 e. The largest absolute Gasteiger partial charge is 0.355 e. The monoisotopic (exact) mass is 801 g/mol. The van der Waals surface area contributed by atoms with Crippen LogP contribution in [0.25, 0.3) is 0 Å². The Morgan fingerprint density at radius 3 is 1.62 bits per heavy atom. The van der Waals surface area contributed by atoms with Crippen molar-refractivity contribution in [2.75, 3.05) is 0 Å². The van der Waals surface area contributed by atoms with E-state index in [1.807, 2.05) is 0 Å². The molecule has 0 aromatic heterocycles. The quantitative estimate of drug-likeness (QED) is 0.147. The Hall–Kier alpha value is -4.10. The molecule has 5 rings (SSSR count). The van der Waals surface area contributed by atoms with Crippen molar-refractivity contribution >= 4 is 21.6 Å². The van der Waals surface area contributed by atoms with Crippen LogP contribution in [0.1, 0.15) is 16.7 Å². The Kier molecular flexibility index (Phi) is 8.14. The summed E-state index contributed by atoms with van der Waals surface area (Å²) in [5.74, 6) is -42.3. The van der Waals surface area contributed by atoms with Crippen molar-refractivity contribution in [1.29, 1.82) is 0 Å². The number of rotatable bonds is 5. The summed E-state index contributed by atoms with van der Waals surface area (Å²) < 4.78 is 259. The normalized spacial score (nSPS) is 33.4. The molecule has 5 unspecified atom stereocenters. The molecular weight excluding hydrogens is 790 g/mol. The predicted octanol–water partition coefficient (Wildman–Crippen LogP) is 11.0. The van der Waals surface area contributed by atoms with Gasteiger partial charge in [-0.25, -0.2) is 43.9 Å². The maximum atomic E-state index is 18.4. The molecule has 0 amide bonds. The molecule has 0 spiro atoms. The summed E-state index contributed by atoms with van der Waals surface area (Å²) in [7, 11) is 0. The third-order valence-electron chi connectivity index (χ3n) is 8.69. The third-order valence-corrected chi connectivity index (χ3v) is 9.19. The first-order chi connectivity index (χ1) is 22.8. The highest BCUT2D eigenvalue weighted by molar-refractivity contribution is 9.10. The van der Waals surface area contributed by atoms with E-state index in [4.69, 9.17) is 0 Å². The van der Waals surface area contributed by atoms with E-state index in [0.29, 0.717) is 36.4 Å². The predicted molar refractivity (Wildman–Crippen MR) is 143 cm³/mol. The van der Waals surface area contributed by atoms with Gasteiger partial charge in [-0.1, -0.05) is 64.5 Å². The van der Waals surface area contributed by atoms with Gasteiger partial charge in [0.1, 0.15) is 5.82 Å². The number of allylic oxidation sites excluding steroid dienone is 4. The number of nitrogens with zero attached hydrogens (tertiary/aromatic N) is 1. The molecule has 268 valence electrons. The number of benzene rings is 3. The van der Waals surface area contributed by atoms with Crippen LogP contribution < -0.4 is 0 Å². The van der Waals surface area contributed by atoms with Crippen molar-refractivity contribution in [1.82, 2.24) is 0 Å². The van der Waals surface area contributed by atoms with Crippen LogP contribution in [0.2, 0.25) is 0 Å². The molecule has 0 heterocycles. The fourth-order valence-electron chi connectivity index (χ4n) is 6.42. The van der Waals surface area contributed by atoms with Crippen molar-refractivity contribution in [3.63, 3.8) is 0 Å². The van der Waals surface area contributed by atoms with Gasteiger partial charge in [0.25, 0.3) is 22.7 Å². The van der Waals surface area contributed by atoms with Gasteiger partial charge < -0.3 is 0 Å². The minimum Gasteiger partial charge on any atom is -0.258 e. The summed E-state index contributed by atoms with van der Waals surface area (Å²) >= 11 is 2.57. The molecule has 0 aliphatic heterocycles. The summed E-state index contributed by atoms with van der Waals surface area (Å²) in [6.07, 6.45) is 0. The highest BCUT2D eigenvalue weighted by Gasteiger charge is 3.05. The van der Waals surface area contributed by atoms with Gasteiger partial charge in [0.15, 0.2) is 17.5 Å². The second kappa shape index (κ2) is 10.9. The Balaban J connectivity index is 2.19. The Bertz CT molecular complexity index is 1990. The fourth-order valence-corrected chi connectivity index (χ4v) is 6.75. The van der Waals surface area contributed by atoms with Crippen LogP contribution in [-0.2, 0) is 17.0 Å². The highest BCUT2D eigenvalue weighted by Crippen LogP contribution is 2.81. The molecule has 50 heavy (non-hydrogen) atoms. The molecule has 0 bridgehead atoms. The van der Waals surface area contributed by atoms with Crippen molar-refractivity contribution in [2.45, 2.75) is 46.1 Å². The van der Waals surface area contributed by atoms with Crippen LogP contribution in [0.4, 0.5) is 75.9 Å². The molecule has 2 aliphatic rings. The van der Waals surface area contributed by atoms with Gasteiger partial charge in [0.2, 0.25) is 17.2 Å². The SMILES string of the molecule is O=[N+]([O-])c1ccccc1C1(F)C(F)(F)C(F)(F)C(F)(C2(F)C(F)=C(F)C(F)=C(F)C2(F)F)C(F)(c2ccccc2)C1(F)c1ccc(Br)cc1F. The number of nitro benzene ring substituents is 1. The van der Waals surface area contributed by atoms with Crippen LogP contribution >= 0.6 is 15.9 Å². The number of halogens is 17. The fraction of sp³-hybridized carbons (Fsp3) is 0.267. The Morgan fingerprint density at radius 1 is 0.560 bits per heavy atom. The van der Waals surface area contributed by atoms with Crippen molar-refractivity contribution in [3.8, 4) is 0 Å². The van der Waals surface area contributed by atoms with Crippen LogP contribution in [-0.4, -0.2) is 34.0 Å². The first kappa shape index (κ1) is 37.2. The maximum absolute atomic E-state index is 18.4. The molecule has 20 heteroatoms. The lowest BCUT2D eigenvalue weighted by Crippen LogP contribution is -2.89. The highest BCUT2D eigenvalue weighted by atomic mass is 79.9. The summed E-state index contributed by atoms with van der Waals surface area (Å²) in [6, 6.07) is 1.60. The van der Waals surface area contributed by atoms with E-state index in [2.05, 4.69) is 15.9 Å². The number of hydrogen-bond acceptors (Lipinski definition) is 2. The minimum atomic E-state index is -8.08. The van der Waals surface area contributed by atoms with E-state index in [1.165, 1.54) is 0 Å². The van der Waals surface area contributed by atoms with Crippen molar-refractivity contribution < 1.29 is 75.2 Å². The van der Waals surface area contributed by atoms with Gasteiger partial charge in [-0.15, -0.1) is 0 Å². The van der Waals surface area contributed by atoms with Crippen molar-refractivity contribution in [2.24, 2.45) is 0 Å². The second-order valence-electron chi connectivity index (χ2n) is 11.0. The number of nitro groups is 1. The zero-order valence-electron chi connectivity index (χ0n) is 23.6. The lowest BCUT2D eigenvalue weighted by atomic mass is 9.46. The summed E-state index contributed by atoms with van der Waals surface area (Å²) in [5.41, 5.74) is -45.6. The molecular formula is C30H12BrF16NO2. The first-order valence-corrected chi connectivity index (χ1v) is 14.1. The number of alkyl halides is 11. The topological polar surface area (TPSA) is 43.1 Å². The lowest BCUT2D eigenvalue weighted by Gasteiger charge is -2.64. The van der Waals surface area contributed by atoms with E-state index in [-0.39, 0.29) is 36.4 Å². The van der Waals surface area contributed by atoms with Crippen LogP contribution in [0.15, 0.2) is 101 Å². The zero-order chi connectivity index (χ0) is 37.8. The van der Waals surface area contributed by atoms with Gasteiger partial charge in [-0.2, -0.15) is 26.3 Å². The van der Waals surface area contributed by atoms with Gasteiger partial charge in [-0.05, 0) is 23.8 Å². The Morgan fingerprint density at radius 2 is 1.08 bits per heavy atom. The van der Waals surface area contributed by atoms with E-state index in [9.17, 15) is 23.3 Å². The van der Waals surface area contributed by atoms with Gasteiger partial charge >= 0.3 is 17.8 Å². The average Bonchev–Trinajstić information content (AvgIpc) is 3.07. The van der Waals surface area contributed by atoms with E-state index < -0.39 is 107 Å². The lowest BCUT2D eigenvalue weighted by molar-refractivity contribution is -0.455. The standard InChI is InChI=1S/C30H12BrF16NO2/c31-14-10-11-15(17(32)12-14)24(38)23(37,13-6-2-1-3-7-13)28(43,26(40)21(35)19(33)20(34)22(36)27(26,41)42)30(46,47)29(44,45)25(24,39)16-8-4-5-9-18(16)48(49)50/h1-12H. The molecule has 0 N–H and O–H groups in total. The summed E-state index contributed by atoms with van der Waals surface area (Å²) in [6.45, 7) is 0. The molecule has 2 aliphatic carbocycles. The molecule has 3 nitrogen and oxygen atoms in total. The van der Waals surface area contributed by atoms with Gasteiger partial charge in [0, 0.05) is 16.1 Å². The van der Waals surface area contributed by atoms with Gasteiger partial charge in [-0.3, -0.25) is 10.1 Å². The van der Waals surface area contributed by atoms with Crippen LogP contribution in [0.5, 0.6) is 0 Å². The Labute approximate surface area is 276 Å². The zero-order valence-corrected chi connectivity index (χ0v) is 25.2. The molecule has 1 fully saturated rings. The van der Waals surface area contributed by atoms with E-state index in [1.54, 1.807) is 0 Å². The first-order valence-electron chi connectivity index (χ1n) is 13.3. The van der Waals surface area contributed by atoms with Gasteiger partial charge in [0.05, 0.1) is 10.5 Å². The third kappa shape index (κ3) is 3.80. The molecule has 3 aromatic rings.